The molecule has 2 atom stereocenters. The summed E-state index contributed by atoms with van der Waals surface area (Å²) < 4.78 is 20.1. The van der Waals surface area contributed by atoms with Crippen molar-refractivity contribution in [1.29, 1.82) is 0 Å². The number of rotatable bonds is 32. The van der Waals surface area contributed by atoms with E-state index in [1.165, 1.54) is 18.3 Å². The number of ether oxygens (including phenoxy) is 3. The maximum absolute atomic E-state index is 13.5. The lowest BCUT2D eigenvalue weighted by Crippen LogP contribution is -2.54. The summed E-state index contributed by atoms with van der Waals surface area (Å²) in [5.41, 5.74) is 16.4. The lowest BCUT2D eigenvalue weighted by atomic mass is 10.00. The number of pyridine rings is 4. The van der Waals surface area contributed by atoms with Crippen LogP contribution in [0.1, 0.15) is 177 Å². The Hall–Kier alpha value is -15.5. The zero-order valence-corrected chi connectivity index (χ0v) is 68.2. The molecule has 2 saturated carbocycles. The van der Waals surface area contributed by atoms with Crippen LogP contribution >= 0.6 is 0 Å². The summed E-state index contributed by atoms with van der Waals surface area (Å²) in [6.07, 6.45) is 16.6. The normalized spacial score (nSPS) is 15.9. The Kier molecular flexibility index (Phi) is 24.3. The molecule has 6 aromatic heterocycles. The number of nitrogens with one attached hydrogen (secondary N) is 9. The van der Waals surface area contributed by atoms with Gasteiger partial charge in [0, 0.05) is 139 Å². The van der Waals surface area contributed by atoms with Gasteiger partial charge in [0.15, 0.2) is 0 Å². The summed E-state index contributed by atoms with van der Waals surface area (Å²) in [6, 6.07) is 29.9. The number of hydrogen-bond donors (Lipinski definition) is 10. The van der Waals surface area contributed by atoms with Crippen molar-refractivity contribution in [2.45, 2.75) is 134 Å². The number of carbonyl (C=O) groups excluding carboxylic acids is 12. The first-order valence-electron chi connectivity index (χ1n) is 40.9. The highest BCUT2D eigenvalue weighted by atomic mass is 16.5. The molecule has 17 rings (SSSR count). The van der Waals surface area contributed by atoms with E-state index in [9.17, 15) is 57.5 Å². The maximum atomic E-state index is 13.5. The number of nitrogens with two attached hydrogens (primary N) is 1. The van der Waals surface area contributed by atoms with Crippen molar-refractivity contribution in [3.05, 3.63) is 208 Å². The summed E-state index contributed by atoms with van der Waals surface area (Å²) in [5.74, 6) is -3.81. The van der Waals surface area contributed by atoms with E-state index in [0.717, 1.165) is 52.2 Å². The van der Waals surface area contributed by atoms with Gasteiger partial charge in [-0.2, -0.15) is 0 Å². The van der Waals surface area contributed by atoms with Gasteiger partial charge in [-0.05, 0) is 130 Å². The second-order valence-corrected chi connectivity index (χ2v) is 30.8. The van der Waals surface area contributed by atoms with Crippen molar-refractivity contribution in [1.82, 2.24) is 91.6 Å². The minimum atomic E-state index is -1.06. The number of anilines is 4. The number of piperidine rings is 2. The number of nitrogen functional groups attached to an aromatic ring is 1. The third-order valence-electron chi connectivity index (χ3n) is 22.2. The second kappa shape index (κ2) is 36.5. The minimum absolute atomic E-state index is 0.0368. The molecule has 10 heterocycles. The number of hydrogen-bond acceptors (Lipinski definition) is 27. The van der Waals surface area contributed by atoms with Crippen LogP contribution in [0.2, 0.25) is 0 Å². The van der Waals surface area contributed by atoms with E-state index < -0.39 is 59.3 Å². The van der Waals surface area contributed by atoms with E-state index >= 15 is 0 Å². The van der Waals surface area contributed by atoms with Gasteiger partial charge < -0.3 is 57.2 Å². The molecule has 0 spiro atoms. The zero-order valence-electron chi connectivity index (χ0n) is 68.2. The summed E-state index contributed by atoms with van der Waals surface area (Å²) in [7, 11) is 4.75. The summed E-state index contributed by atoms with van der Waals surface area (Å²) >= 11 is 0. The summed E-state index contributed by atoms with van der Waals surface area (Å²) in [4.78, 5) is 173. The van der Waals surface area contributed by atoms with E-state index in [1.807, 2.05) is 48.5 Å². The fraction of sp³-hybridized carbons (Fsp3) is 0.295. The predicted molar refractivity (Wildman–Crippen MR) is 453 cm³/mol. The second-order valence-electron chi connectivity index (χ2n) is 30.8. The number of amides is 12. The quantitative estimate of drug-likeness (QED) is 0.0147. The van der Waals surface area contributed by atoms with Crippen LogP contribution in [0.25, 0.3) is 44.1 Å². The van der Waals surface area contributed by atoms with Crippen LogP contribution in [0.5, 0.6) is 17.2 Å². The first-order chi connectivity index (χ1) is 60.7. The Labute approximate surface area is 713 Å². The third kappa shape index (κ3) is 18.3. The van der Waals surface area contributed by atoms with E-state index in [-0.39, 0.29) is 108 Å². The van der Waals surface area contributed by atoms with Gasteiger partial charge in [0.2, 0.25) is 23.6 Å². The van der Waals surface area contributed by atoms with Gasteiger partial charge in [-0.15, -0.1) is 10.2 Å². The highest BCUT2D eigenvalue weighted by molar-refractivity contribution is 6.27. The number of aryl methyl sites for hydroxylation is 2. The van der Waals surface area contributed by atoms with Gasteiger partial charge >= 0.3 is 0 Å². The van der Waals surface area contributed by atoms with Crippen molar-refractivity contribution in [2.24, 2.45) is 0 Å². The van der Waals surface area contributed by atoms with Gasteiger partial charge in [0.05, 0.1) is 103 Å². The molecule has 125 heavy (non-hydrogen) atoms. The molecule has 4 aliphatic heterocycles. The molecule has 2 aliphatic carbocycles. The summed E-state index contributed by atoms with van der Waals surface area (Å²) in [6.45, 7) is 2.79. The van der Waals surface area contributed by atoms with Crippen LogP contribution in [0.15, 0.2) is 146 Å². The predicted octanol–water partition coefficient (Wildman–Crippen LogP) is 7.23. The molecule has 638 valence electrons. The molecule has 0 radical (unpaired) electrons. The number of unbranched alkanes of at least 4 members (excludes halogenated alkanes) is 2. The number of nitrogens with zero attached hydrogens (tertiary/aromatic N) is 12. The highest BCUT2D eigenvalue weighted by Crippen LogP contribution is 2.41. The molecule has 12 amide bonds. The number of fused-ring (bicyclic) bond motifs is 4. The molecule has 0 bridgehead atoms. The van der Waals surface area contributed by atoms with E-state index in [0.29, 0.717) is 154 Å². The number of aromatic nitrogens is 10. The van der Waals surface area contributed by atoms with Crippen molar-refractivity contribution in [3.8, 4) is 39.5 Å². The van der Waals surface area contributed by atoms with Crippen molar-refractivity contribution < 1.29 is 71.7 Å². The van der Waals surface area contributed by atoms with Crippen LogP contribution in [0.4, 0.5) is 22.7 Å². The van der Waals surface area contributed by atoms with Crippen molar-refractivity contribution in [2.75, 3.05) is 56.1 Å². The van der Waals surface area contributed by atoms with Crippen molar-refractivity contribution in [3.63, 3.8) is 0 Å². The Morgan fingerprint density at radius 3 is 1.40 bits per heavy atom. The number of methoxy groups -OCH3 is 3. The Balaban J connectivity index is 0.000000186. The third-order valence-corrected chi connectivity index (χ3v) is 22.2. The van der Waals surface area contributed by atoms with E-state index in [1.54, 1.807) is 110 Å². The van der Waals surface area contributed by atoms with E-state index in [4.69, 9.17) is 19.9 Å². The van der Waals surface area contributed by atoms with Gasteiger partial charge in [-0.1, -0.05) is 46.8 Å². The number of imide groups is 4. The van der Waals surface area contributed by atoms with Crippen molar-refractivity contribution >= 4 is 115 Å². The highest BCUT2D eigenvalue weighted by Gasteiger charge is 2.48. The molecule has 11 N–H and O–H groups in total. The van der Waals surface area contributed by atoms with Gasteiger partial charge in [-0.3, -0.25) is 107 Å². The Bertz CT molecular complexity index is 6150. The van der Waals surface area contributed by atoms with Crippen LogP contribution in [-0.2, 0) is 51.9 Å². The number of carbonyl (C=O) groups is 12. The maximum Gasteiger partial charge on any atom is 0.269 e. The molecular weight excluding hydrogens is 1610 g/mol. The van der Waals surface area contributed by atoms with Crippen LogP contribution in [0, 0.1) is 0 Å². The number of benzene rings is 5. The first kappa shape index (κ1) is 83.2. The van der Waals surface area contributed by atoms with Gasteiger partial charge in [-0.25, -0.2) is 0 Å². The standard InChI is InChI=1S/C48H47N11O8.C40H39N11O7/c1-66-31-13-8-27(9-14-31)22-53-43-34-20-33(40(67-2)21-38(34)52-25-35(43)44(61)54-29-11-12-29)28-10-15-37(50-23-28)45(62)49-18-3-4-19-58-26-30(56-57-58)24-51-36-7-5-6-32-42(36)48(65)59(47(32)64)39-16-17-41(60)55-46(39)63;1-58-32-16-30-26(35(41)27(19-45-30)36(53)46-22-8-9-22)15-25(32)21-7-10-29(43-17-21)37(54)42-13-2-3-14-50-20-23(48-49-50)18-44-28-6-4-5-24-34(28)40(57)51(39(24)56)31-11-12-33(52)47-38(31)55/h5-10,13-15,20-21,23,25-26,29,39,51H,3-4,11-12,16-19,22,24H2,1-2H3,(H,49,62)(H,52,53)(H,54,61)(H,55,60,63);4-7,10,15-17,19-20,22,31,44H,2-3,8-9,11-14,18H2,1H3,(H2,41,45)(H,42,54)(H,46,53)(H,47,52,55). The molecule has 11 aromatic rings. The molecule has 37 nitrogen and oxygen atoms in total. The molecular formula is C88H86N22O15. The first-order valence-corrected chi connectivity index (χ1v) is 40.9. The molecule has 37 heteroatoms. The lowest BCUT2D eigenvalue weighted by molar-refractivity contribution is -0.137. The largest absolute Gasteiger partial charge is 0.497 e. The lowest BCUT2D eigenvalue weighted by Gasteiger charge is -2.27. The monoisotopic (exact) mass is 1690 g/mol. The molecule has 2 unspecified atom stereocenters. The van der Waals surface area contributed by atoms with E-state index in [2.05, 4.69) is 88.4 Å². The van der Waals surface area contributed by atoms with Crippen LogP contribution < -0.4 is 67.8 Å². The minimum Gasteiger partial charge on any atom is -0.497 e. The van der Waals surface area contributed by atoms with Gasteiger partial charge in [0.25, 0.3) is 47.3 Å². The summed E-state index contributed by atoms with van der Waals surface area (Å²) in [5, 5.41) is 44.2. The fourth-order valence-electron chi connectivity index (χ4n) is 15.2. The fourth-order valence-corrected chi connectivity index (χ4v) is 15.2. The van der Waals surface area contributed by atoms with Gasteiger partial charge in [0.1, 0.15) is 52.1 Å². The molecule has 2 saturated heterocycles. The topological polar surface area (TPSA) is 486 Å². The SMILES string of the molecule is COc1cc2ncc(C(=O)NC3CC3)c(N)c2cc1-c1ccc(C(=O)NCCCCn2cc(CNc3cccc4c3C(=O)N(C3CCC(=O)NC3=O)C4=O)nn2)nc1.COc1ccc(CNc2c(C(=O)NC3CC3)cnc3cc(OC)c(-c4ccc(C(=O)NCCCCn5cc(CNc6cccc7c6C(=O)N(C6CCC(=O)NC6=O)C7=O)nn5)nc4)cc23)cc1. The molecule has 4 fully saturated rings. The smallest absolute Gasteiger partial charge is 0.269 e. The average molecular weight is 1690 g/mol. The molecule has 5 aromatic carbocycles. The molecule has 6 aliphatic rings. The average Bonchev–Trinajstić information content (AvgIpc) is 1.70. The zero-order chi connectivity index (χ0) is 87.1. The Morgan fingerprint density at radius 2 is 0.944 bits per heavy atom. The van der Waals surface area contributed by atoms with Crippen LogP contribution in [0.3, 0.4) is 0 Å². The van der Waals surface area contributed by atoms with Crippen LogP contribution in [-0.4, -0.2) is 189 Å². The Morgan fingerprint density at radius 1 is 0.472 bits per heavy atom.